The molecule has 0 bridgehead atoms. The van der Waals surface area contributed by atoms with Crippen molar-refractivity contribution < 1.29 is 9.90 Å². The second-order valence-electron chi connectivity index (χ2n) is 5.95. The van der Waals surface area contributed by atoms with Crippen LogP contribution in [0, 0.1) is 5.92 Å². The van der Waals surface area contributed by atoms with Crippen LogP contribution in [0.25, 0.3) is 0 Å². The number of carbonyl (C=O) groups is 1. The van der Waals surface area contributed by atoms with E-state index in [-0.39, 0.29) is 11.3 Å². The Morgan fingerprint density at radius 2 is 2.33 bits per heavy atom. The van der Waals surface area contributed by atoms with Crippen LogP contribution in [0.4, 0.5) is 0 Å². The molecule has 100 valence electrons. The summed E-state index contributed by atoms with van der Waals surface area (Å²) in [7, 11) is 0. The number of aliphatic carboxylic acids is 1. The molecule has 0 aliphatic carbocycles. The largest absolute Gasteiger partial charge is 0.481 e. The van der Waals surface area contributed by atoms with Crippen LogP contribution < -0.4 is 0 Å². The number of hydrogen-bond acceptors (Lipinski definition) is 4. The normalized spacial score (nSPS) is 21.4. The van der Waals surface area contributed by atoms with E-state index in [4.69, 9.17) is 5.11 Å². The molecule has 0 unspecified atom stereocenters. The lowest BCUT2D eigenvalue weighted by molar-refractivity contribution is -0.141. The van der Waals surface area contributed by atoms with Crippen LogP contribution >= 0.6 is 11.3 Å². The fraction of sp³-hybridized carbons (Fsp3) is 0.692. The lowest BCUT2D eigenvalue weighted by atomic mass is 9.98. The first kappa shape index (κ1) is 13.5. The van der Waals surface area contributed by atoms with Gasteiger partial charge in [0.15, 0.2) is 0 Å². The molecule has 0 radical (unpaired) electrons. The summed E-state index contributed by atoms with van der Waals surface area (Å²) in [6, 6.07) is 0. The first-order chi connectivity index (χ1) is 8.36. The van der Waals surface area contributed by atoms with Gasteiger partial charge in [0.25, 0.3) is 0 Å². The zero-order chi connectivity index (χ0) is 13.3. The van der Waals surface area contributed by atoms with Crippen molar-refractivity contribution in [3.63, 3.8) is 0 Å². The minimum absolute atomic E-state index is 0.0948. The number of likely N-dealkylation sites (tertiary alicyclic amines) is 1. The average molecular weight is 268 g/mol. The molecule has 1 fully saturated rings. The van der Waals surface area contributed by atoms with E-state index in [2.05, 4.69) is 36.0 Å². The molecule has 0 aromatic carbocycles. The van der Waals surface area contributed by atoms with E-state index in [0.29, 0.717) is 6.54 Å². The lowest BCUT2D eigenvalue weighted by Gasteiger charge is -2.15. The van der Waals surface area contributed by atoms with E-state index < -0.39 is 5.97 Å². The molecule has 0 saturated carbocycles. The average Bonchev–Trinajstić information content (AvgIpc) is 2.85. The van der Waals surface area contributed by atoms with Crippen molar-refractivity contribution in [2.24, 2.45) is 5.92 Å². The van der Waals surface area contributed by atoms with Crippen LogP contribution in [-0.2, 0) is 16.8 Å². The first-order valence-electron chi connectivity index (χ1n) is 6.26. The summed E-state index contributed by atoms with van der Waals surface area (Å²) in [5, 5.41) is 12.2. The van der Waals surface area contributed by atoms with E-state index in [0.717, 1.165) is 30.2 Å². The molecule has 1 atom stereocenters. The van der Waals surface area contributed by atoms with Crippen LogP contribution in [0.2, 0.25) is 0 Å². The quantitative estimate of drug-likeness (QED) is 0.914. The van der Waals surface area contributed by atoms with Crippen molar-refractivity contribution in [2.75, 3.05) is 13.1 Å². The summed E-state index contributed by atoms with van der Waals surface area (Å²) in [6.45, 7) is 8.76. The summed E-state index contributed by atoms with van der Waals surface area (Å²) >= 11 is 1.69. The standard InChI is InChI=1S/C13H20N2O2S/c1-13(2,3)12-14-10(8-18-12)7-15-5-4-9(6-15)11(16)17/h8-9H,4-7H2,1-3H3,(H,16,17)/t9-/m1/s1. The minimum Gasteiger partial charge on any atom is -0.481 e. The van der Waals surface area contributed by atoms with E-state index in [1.165, 1.54) is 0 Å². The number of thiazole rings is 1. The predicted octanol–water partition coefficient (Wildman–Crippen LogP) is 2.35. The van der Waals surface area contributed by atoms with Crippen molar-refractivity contribution in [1.82, 2.24) is 9.88 Å². The third-order valence-corrected chi connectivity index (χ3v) is 4.52. The van der Waals surface area contributed by atoms with E-state index in [1.54, 1.807) is 11.3 Å². The topological polar surface area (TPSA) is 53.4 Å². The van der Waals surface area contributed by atoms with Crippen LogP contribution in [0.5, 0.6) is 0 Å². The molecule has 1 aromatic rings. The predicted molar refractivity (Wildman–Crippen MR) is 71.8 cm³/mol. The SMILES string of the molecule is CC(C)(C)c1nc(CN2CC[C@@H](C(=O)O)C2)cs1. The molecule has 2 rings (SSSR count). The Kier molecular flexibility index (Phi) is 3.73. The highest BCUT2D eigenvalue weighted by atomic mass is 32.1. The van der Waals surface area contributed by atoms with Gasteiger partial charge in [-0.15, -0.1) is 11.3 Å². The van der Waals surface area contributed by atoms with Gasteiger partial charge in [-0.3, -0.25) is 9.69 Å². The Bertz CT molecular complexity index is 436. The molecule has 18 heavy (non-hydrogen) atoms. The third-order valence-electron chi connectivity index (χ3n) is 3.20. The van der Waals surface area contributed by atoms with Gasteiger partial charge in [-0.05, 0) is 13.0 Å². The summed E-state index contributed by atoms with van der Waals surface area (Å²) < 4.78 is 0. The van der Waals surface area contributed by atoms with Gasteiger partial charge >= 0.3 is 5.97 Å². The third kappa shape index (κ3) is 3.09. The highest BCUT2D eigenvalue weighted by Crippen LogP contribution is 2.27. The second kappa shape index (κ2) is 4.97. The van der Waals surface area contributed by atoms with E-state index in [9.17, 15) is 4.79 Å². The second-order valence-corrected chi connectivity index (χ2v) is 6.81. The fourth-order valence-electron chi connectivity index (χ4n) is 2.13. The van der Waals surface area contributed by atoms with Gasteiger partial charge < -0.3 is 5.11 Å². The Hall–Kier alpha value is -0.940. The highest BCUT2D eigenvalue weighted by Gasteiger charge is 2.28. The molecule has 1 N–H and O–H groups in total. The smallest absolute Gasteiger partial charge is 0.307 e. The van der Waals surface area contributed by atoms with Crippen molar-refractivity contribution in [1.29, 1.82) is 0 Å². The number of rotatable bonds is 3. The lowest BCUT2D eigenvalue weighted by Crippen LogP contribution is -2.23. The number of carboxylic acid groups (broad SMARTS) is 1. The molecular formula is C13H20N2O2S. The van der Waals surface area contributed by atoms with Crippen molar-refractivity contribution in [3.05, 3.63) is 16.1 Å². The van der Waals surface area contributed by atoms with Gasteiger partial charge in [0.1, 0.15) is 0 Å². The molecule has 1 aromatic heterocycles. The van der Waals surface area contributed by atoms with Gasteiger partial charge in [0.2, 0.25) is 0 Å². The van der Waals surface area contributed by atoms with Crippen LogP contribution in [0.3, 0.4) is 0 Å². The zero-order valence-electron chi connectivity index (χ0n) is 11.1. The van der Waals surface area contributed by atoms with Crippen molar-refractivity contribution >= 4 is 17.3 Å². The number of aromatic nitrogens is 1. The van der Waals surface area contributed by atoms with Gasteiger partial charge in [-0.2, -0.15) is 0 Å². The van der Waals surface area contributed by atoms with Crippen LogP contribution in [-0.4, -0.2) is 34.0 Å². The van der Waals surface area contributed by atoms with Gasteiger partial charge in [-0.1, -0.05) is 20.8 Å². The zero-order valence-corrected chi connectivity index (χ0v) is 12.0. The summed E-state index contributed by atoms with van der Waals surface area (Å²) in [5.41, 5.74) is 1.16. The highest BCUT2D eigenvalue weighted by molar-refractivity contribution is 7.09. The monoisotopic (exact) mass is 268 g/mol. The Balaban J connectivity index is 1.95. The number of carboxylic acids is 1. The molecule has 2 heterocycles. The molecule has 1 aliphatic rings. The summed E-state index contributed by atoms with van der Waals surface area (Å²) in [6.07, 6.45) is 0.756. The summed E-state index contributed by atoms with van der Waals surface area (Å²) in [5.74, 6) is -0.878. The maximum Gasteiger partial charge on any atom is 0.307 e. The molecule has 1 saturated heterocycles. The fourth-order valence-corrected chi connectivity index (χ4v) is 3.03. The molecule has 0 amide bonds. The molecular weight excluding hydrogens is 248 g/mol. The van der Waals surface area contributed by atoms with Crippen molar-refractivity contribution in [2.45, 2.75) is 39.2 Å². The van der Waals surface area contributed by atoms with Gasteiger partial charge in [-0.25, -0.2) is 4.98 Å². The van der Waals surface area contributed by atoms with Crippen LogP contribution in [0.15, 0.2) is 5.38 Å². The minimum atomic E-state index is -0.675. The molecule has 5 heteroatoms. The molecule has 4 nitrogen and oxygen atoms in total. The van der Waals surface area contributed by atoms with Gasteiger partial charge in [0.05, 0.1) is 16.6 Å². The maximum absolute atomic E-state index is 10.9. The molecule has 1 aliphatic heterocycles. The van der Waals surface area contributed by atoms with E-state index in [1.807, 2.05) is 0 Å². The van der Waals surface area contributed by atoms with Crippen LogP contribution in [0.1, 0.15) is 37.9 Å². The maximum atomic E-state index is 10.9. The Labute approximate surface area is 112 Å². The van der Waals surface area contributed by atoms with E-state index >= 15 is 0 Å². The molecule has 0 spiro atoms. The Morgan fingerprint density at radius 1 is 1.61 bits per heavy atom. The summed E-state index contributed by atoms with van der Waals surface area (Å²) in [4.78, 5) is 17.7. The van der Waals surface area contributed by atoms with Crippen molar-refractivity contribution in [3.8, 4) is 0 Å². The Morgan fingerprint density at radius 3 is 2.83 bits per heavy atom. The number of hydrogen-bond donors (Lipinski definition) is 1. The number of nitrogens with zero attached hydrogens (tertiary/aromatic N) is 2. The van der Waals surface area contributed by atoms with Gasteiger partial charge in [0, 0.05) is 23.9 Å². The first-order valence-corrected chi connectivity index (χ1v) is 7.14.